The van der Waals surface area contributed by atoms with Gasteiger partial charge in [0.05, 0.1) is 6.61 Å². The first-order valence-electron chi connectivity index (χ1n) is 6.51. The van der Waals surface area contributed by atoms with E-state index in [0.29, 0.717) is 5.56 Å². The van der Waals surface area contributed by atoms with E-state index in [1.807, 2.05) is 26.0 Å². The van der Waals surface area contributed by atoms with E-state index in [0.717, 1.165) is 16.7 Å². The average molecular weight is 262 g/mol. The molecule has 1 rings (SSSR count). The van der Waals surface area contributed by atoms with Crippen LogP contribution in [0, 0.1) is 13.8 Å². The lowest BCUT2D eigenvalue weighted by Crippen LogP contribution is -2.21. The highest BCUT2D eigenvalue weighted by Crippen LogP contribution is 2.27. The Morgan fingerprint density at radius 1 is 1.11 bits per heavy atom. The summed E-state index contributed by atoms with van der Waals surface area (Å²) >= 11 is 0. The molecule has 0 saturated heterocycles. The lowest BCUT2D eigenvalue weighted by atomic mass is 9.83. The monoisotopic (exact) mass is 262 g/mol. The summed E-state index contributed by atoms with van der Waals surface area (Å²) in [4.78, 5) is 23.6. The molecule has 3 heteroatoms. The second-order valence-corrected chi connectivity index (χ2v) is 5.78. The fraction of sp³-hybridized carbons (Fsp3) is 0.500. The van der Waals surface area contributed by atoms with Crippen molar-refractivity contribution in [3.8, 4) is 0 Å². The number of carbonyl (C=O) groups excluding carboxylic acids is 2. The molecule has 1 aromatic carbocycles. The van der Waals surface area contributed by atoms with Crippen molar-refractivity contribution >= 4 is 11.8 Å². The van der Waals surface area contributed by atoms with Gasteiger partial charge in [0.15, 0.2) is 0 Å². The molecule has 0 spiro atoms. The maximum atomic E-state index is 12.1. The van der Waals surface area contributed by atoms with Crippen molar-refractivity contribution in [3.63, 3.8) is 0 Å². The predicted molar refractivity (Wildman–Crippen MR) is 75.6 cm³/mol. The summed E-state index contributed by atoms with van der Waals surface area (Å²) < 4.78 is 4.78. The van der Waals surface area contributed by atoms with Gasteiger partial charge in [0.1, 0.15) is 0 Å². The van der Waals surface area contributed by atoms with E-state index < -0.39 is 11.8 Å². The summed E-state index contributed by atoms with van der Waals surface area (Å²) in [6, 6.07) is 3.94. The van der Waals surface area contributed by atoms with E-state index in [1.165, 1.54) is 0 Å². The number of hydrogen-bond acceptors (Lipinski definition) is 3. The van der Waals surface area contributed by atoms with E-state index in [9.17, 15) is 9.59 Å². The number of rotatable bonds is 3. The first-order chi connectivity index (χ1) is 8.68. The van der Waals surface area contributed by atoms with E-state index in [1.54, 1.807) is 6.92 Å². The second kappa shape index (κ2) is 5.55. The fourth-order valence-electron chi connectivity index (χ4n) is 2.05. The van der Waals surface area contributed by atoms with Crippen LogP contribution in [0.25, 0.3) is 0 Å². The van der Waals surface area contributed by atoms with Crippen molar-refractivity contribution < 1.29 is 14.3 Å². The quantitative estimate of drug-likeness (QED) is 0.476. The number of Topliss-reactive ketones (excluding diaryl/α,β-unsaturated/α-hetero) is 1. The Kier molecular flexibility index (Phi) is 4.51. The fourth-order valence-corrected chi connectivity index (χ4v) is 2.05. The second-order valence-electron chi connectivity index (χ2n) is 5.78. The highest BCUT2D eigenvalue weighted by Gasteiger charge is 2.24. The van der Waals surface area contributed by atoms with Gasteiger partial charge in [-0.2, -0.15) is 0 Å². The first kappa shape index (κ1) is 15.4. The number of carbonyl (C=O) groups is 2. The van der Waals surface area contributed by atoms with Crippen molar-refractivity contribution in [1.82, 2.24) is 0 Å². The lowest BCUT2D eigenvalue weighted by Gasteiger charge is -2.21. The maximum absolute atomic E-state index is 12.1. The molecule has 0 amide bonds. The Balaban J connectivity index is 3.25. The van der Waals surface area contributed by atoms with Crippen molar-refractivity contribution in [1.29, 1.82) is 0 Å². The predicted octanol–water partition coefficient (Wildman–Crippen LogP) is 3.35. The number of ether oxygens (including phenoxy) is 1. The molecule has 0 aliphatic carbocycles. The van der Waals surface area contributed by atoms with E-state index in [2.05, 4.69) is 20.8 Å². The van der Waals surface area contributed by atoms with Crippen LogP contribution >= 0.6 is 0 Å². The zero-order valence-electron chi connectivity index (χ0n) is 12.6. The summed E-state index contributed by atoms with van der Waals surface area (Å²) in [5, 5.41) is 0. The summed E-state index contributed by atoms with van der Waals surface area (Å²) in [7, 11) is 0. The van der Waals surface area contributed by atoms with Crippen LogP contribution in [0.1, 0.15) is 54.7 Å². The molecule has 0 heterocycles. The molecule has 0 bridgehead atoms. The number of aryl methyl sites for hydroxylation is 2. The van der Waals surface area contributed by atoms with E-state index in [4.69, 9.17) is 4.74 Å². The number of benzene rings is 1. The molecular formula is C16H22O3. The summed E-state index contributed by atoms with van der Waals surface area (Å²) in [6.45, 7) is 12.0. The Bertz CT molecular complexity index is 484. The first-order valence-corrected chi connectivity index (χ1v) is 6.51. The van der Waals surface area contributed by atoms with Crippen LogP contribution in [-0.4, -0.2) is 18.4 Å². The molecule has 0 fully saturated rings. The van der Waals surface area contributed by atoms with Gasteiger partial charge in [-0.1, -0.05) is 32.9 Å². The van der Waals surface area contributed by atoms with Gasteiger partial charge >= 0.3 is 5.97 Å². The molecule has 0 atom stereocenters. The van der Waals surface area contributed by atoms with E-state index >= 15 is 0 Å². The van der Waals surface area contributed by atoms with Gasteiger partial charge in [0.2, 0.25) is 0 Å². The summed E-state index contributed by atoms with van der Waals surface area (Å²) in [5.41, 5.74) is 3.28. The van der Waals surface area contributed by atoms with Gasteiger partial charge in [0.25, 0.3) is 5.78 Å². The molecule has 1 aromatic rings. The molecule has 0 N–H and O–H groups in total. The van der Waals surface area contributed by atoms with Crippen LogP contribution in [0.5, 0.6) is 0 Å². The average Bonchev–Trinajstić information content (AvgIpc) is 2.26. The normalized spacial score (nSPS) is 11.3. The van der Waals surface area contributed by atoms with Gasteiger partial charge in [-0.25, -0.2) is 4.79 Å². The van der Waals surface area contributed by atoms with E-state index in [-0.39, 0.29) is 12.0 Å². The molecule has 0 unspecified atom stereocenters. The third-order valence-corrected chi connectivity index (χ3v) is 3.09. The Morgan fingerprint density at radius 2 is 1.58 bits per heavy atom. The standard InChI is InChI=1S/C16H22O3/c1-7-19-15(18)14(17)13-10(2)8-12(9-11(13)3)16(4,5)6/h8-9H,7H2,1-6H3. The molecule has 3 nitrogen and oxygen atoms in total. The SMILES string of the molecule is CCOC(=O)C(=O)c1c(C)cc(C(C)(C)C)cc1C. The molecular weight excluding hydrogens is 240 g/mol. The minimum Gasteiger partial charge on any atom is -0.460 e. The highest BCUT2D eigenvalue weighted by molar-refractivity contribution is 6.41. The molecule has 0 aliphatic rings. The van der Waals surface area contributed by atoms with Crippen LogP contribution in [0.3, 0.4) is 0 Å². The molecule has 0 saturated carbocycles. The highest BCUT2D eigenvalue weighted by atomic mass is 16.5. The minimum atomic E-state index is -0.780. The summed E-state index contributed by atoms with van der Waals surface area (Å²) in [5.74, 6) is -1.34. The van der Waals surface area contributed by atoms with Crippen molar-refractivity contribution in [3.05, 3.63) is 34.4 Å². The smallest absolute Gasteiger partial charge is 0.379 e. The number of esters is 1. The molecule has 104 valence electrons. The van der Waals surface area contributed by atoms with Crippen LogP contribution in [0.4, 0.5) is 0 Å². The van der Waals surface area contributed by atoms with Crippen LogP contribution in [-0.2, 0) is 14.9 Å². The molecule has 19 heavy (non-hydrogen) atoms. The third kappa shape index (κ3) is 3.43. The van der Waals surface area contributed by atoms with Crippen LogP contribution in [0.2, 0.25) is 0 Å². The van der Waals surface area contributed by atoms with Crippen LogP contribution < -0.4 is 0 Å². The van der Waals surface area contributed by atoms with Crippen molar-refractivity contribution in [2.24, 2.45) is 0 Å². The molecule has 0 aromatic heterocycles. The molecule has 0 radical (unpaired) electrons. The molecule has 0 aliphatic heterocycles. The van der Waals surface area contributed by atoms with Gasteiger partial charge in [-0.05, 0) is 42.9 Å². The zero-order valence-corrected chi connectivity index (χ0v) is 12.6. The van der Waals surface area contributed by atoms with Gasteiger partial charge in [-0.15, -0.1) is 0 Å². The summed E-state index contributed by atoms with van der Waals surface area (Å²) in [6.07, 6.45) is 0. The van der Waals surface area contributed by atoms with Crippen molar-refractivity contribution in [2.75, 3.05) is 6.61 Å². The zero-order chi connectivity index (χ0) is 14.8. The Hall–Kier alpha value is -1.64. The van der Waals surface area contributed by atoms with Crippen molar-refractivity contribution in [2.45, 2.75) is 47.0 Å². The minimum absolute atomic E-state index is 0.0149. The largest absolute Gasteiger partial charge is 0.460 e. The number of hydrogen-bond donors (Lipinski definition) is 0. The Labute approximate surface area is 115 Å². The van der Waals surface area contributed by atoms with Gasteiger partial charge in [-0.3, -0.25) is 4.79 Å². The lowest BCUT2D eigenvalue weighted by molar-refractivity contribution is -0.137. The Morgan fingerprint density at radius 3 is 1.95 bits per heavy atom. The third-order valence-electron chi connectivity index (χ3n) is 3.09. The van der Waals surface area contributed by atoms with Gasteiger partial charge in [0, 0.05) is 5.56 Å². The topological polar surface area (TPSA) is 43.4 Å². The maximum Gasteiger partial charge on any atom is 0.379 e. The van der Waals surface area contributed by atoms with Crippen LogP contribution in [0.15, 0.2) is 12.1 Å². The van der Waals surface area contributed by atoms with Gasteiger partial charge < -0.3 is 4.74 Å². The number of ketones is 1.